The third-order valence-electron chi connectivity index (χ3n) is 4.04. The molecule has 2 rings (SSSR count). The average Bonchev–Trinajstić information content (AvgIpc) is 2.28. The second-order valence-electron chi connectivity index (χ2n) is 5.20. The Hall–Kier alpha value is -0.730. The van der Waals surface area contributed by atoms with Crippen molar-refractivity contribution in [3.8, 4) is 0 Å². The van der Waals surface area contributed by atoms with Crippen LogP contribution in [0.5, 0.6) is 0 Å². The highest BCUT2D eigenvalue weighted by atomic mass is 35.5. The fourth-order valence-corrected chi connectivity index (χ4v) is 2.92. The number of piperidine rings is 1. The number of benzene rings is 1. The van der Waals surface area contributed by atoms with E-state index in [2.05, 4.69) is 37.8 Å². The van der Waals surface area contributed by atoms with Crippen LogP contribution in [0.1, 0.15) is 25.8 Å². The average molecular weight is 253 g/mol. The molecule has 1 aliphatic heterocycles. The highest BCUT2D eigenvalue weighted by molar-refractivity contribution is 6.33. The van der Waals surface area contributed by atoms with Crippen LogP contribution in [0.25, 0.3) is 0 Å². The van der Waals surface area contributed by atoms with Crippen molar-refractivity contribution < 1.29 is 0 Å². The maximum Gasteiger partial charge on any atom is 0.0642 e. The first-order valence-corrected chi connectivity index (χ1v) is 6.67. The minimum atomic E-state index is 0.311. The van der Waals surface area contributed by atoms with Gasteiger partial charge in [-0.15, -0.1) is 0 Å². The van der Waals surface area contributed by atoms with Crippen molar-refractivity contribution >= 4 is 17.3 Å². The lowest BCUT2D eigenvalue weighted by atomic mass is 9.87. The molecule has 0 amide bonds. The molecule has 1 heterocycles. The van der Waals surface area contributed by atoms with Crippen molar-refractivity contribution in [2.24, 2.45) is 11.7 Å². The molecule has 0 spiro atoms. The molecule has 3 heteroatoms. The number of hydrogen-bond donors (Lipinski definition) is 1. The molecule has 0 bridgehead atoms. The third kappa shape index (κ3) is 2.43. The number of aryl methyl sites for hydroxylation is 1. The normalized spacial score (nSPS) is 29.5. The van der Waals surface area contributed by atoms with Gasteiger partial charge in [0.15, 0.2) is 0 Å². The lowest BCUT2D eigenvalue weighted by molar-refractivity contribution is 0.315. The van der Waals surface area contributed by atoms with E-state index in [9.17, 15) is 0 Å². The van der Waals surface area contributed by atoms with Crippen molar-refractivity contribution in [1.29, 1.82) is 0 Å². The zero-order valence-electron chi connectivity index (χ0n) is 10.8. The van der Waals surface area contributed by atoms with Gasteiger partial charge in [0.05, 0.1) is 10.7 Å². The molecule has 1 aromatic carbocycles. The van der Waals surface area contributed by atoms with Gasteiger partial charge < -0.3 is 10.6 Å². The van der Waals surface area contributed by atoms with Gasteiger partial charge in [-0.05, 0) is 43.9 Å². The van der Waals surface area contributed by atoms with Crippen LogP contribution in [0, 0.1) is 12.8 Å². The van der Waals surface area contributed by atoms with E-state index in [1.54, 1.807) is 0 Å². The van der Waals surface area contributed by atoms with E-state index in [1.165, 1.54) is 5.56 Å². The predicted molar refractivity (Wildman–Crippen MR) is 74.8 cm³/mol. The molecule has 2 nitrogen and oxygen atoms in total. The molecule has 2 N–H and O–H groups in total. The van der Waals surface area contributed by atoms with E-state index in [0.717, 1.165) is 23.7 Å². The van der Waals surface area contributed by atoms with Gasteiger partial charge in [-0.3, -0.25) is 0 Å². The van der Waals surface area contributed by atoms with E-state index in [1.807, 2.05) is 6.07 Å². The van der Waals surface area contributed by atoms with Crippen molar-refractivity contribution in [2.75, 3.05) is 11.4 Å². The van der Waals surface area contributed by atoms with Gasteiger partial charge in [0.1, 0.15) is 0 Å². The summed E-state index contributed by atoms with van der Waals surface area (Å²) in [6.07, 6.45) is 1.04. The number of nitrogens with two attached hydrogens (primary N) is 1. The maximum atomic E-state index is 6.34. The van der Waals surface area contributed by atoms with E-state index < -0.39 is 0 Å². The molecule has 1 aromatic rings. The highest BCUT2D eigenvalue weighted by Gasteiger charge is 2.31. The van der Waals surface area contributed by atoms with E-state index in [4.69, 9.17) is 17.3 Å². The molecular formula is C14H21ClN2. The van der Waals surface area contributed by atoms with Crippen LogP contribution < -0.4 is 10.6 Å². The lowest BCUT2D eigenvalue weighted by Gasteiger charge is -2.43. The number of nitrogens with zero attached hydrogens (tertiary/aromatic N) is 1. The Morgan fingerprint density at radius 2 is 2.06 bits per heavy atom. The minimum Gasteiger partial charge on any atom is -0.367 e. The topological polar surface area (TPSA) is 29.3 Å². The van der Waals surface area contributed by atoms with Crippen molar-refractivity contribution in [2.45, 2.75) is 39.3 Å². The number of anilines is 1. The Morgan fingerprint density at radius 3 is 2.71 bits per heavy atom. The monoisotopic (exact) mass is 252 g/mol. The highest BCUT2D eigenvalue weighted by Crippen LogP contribution is 2.33. The van der Waals surface area contributed by atoms with Crippen LogP contribution in [0.15, 0.2) is 18.2 Å². The van der Waals surface area contributed by atoms with Gasteiger partial charge in [0, 0.05) is 18.6 Å². The molecule has 0 saturated carbocycles. The molecular weight excluding hydrogens is 232 g/mol. The van der Waals surface area contributed by atoms with Crippen LogP contribution in [-0.4, -0.2) is 18.6 Å². The molecule has 1 saturated heterocycles. The molecule has 3 unspecified atom stereocenters. The van der Waals surface area contributed by atoms with Gasteiger partial charge in [0.25, 0.3) is 0 Å². The first-order valence-electron chi connectivity index (χ1n) is 6.29. The Morgan fingerprint density at radius 1 is 1.35 bits per heavy atom. The molecule has 94 valence electrons. The molecule has 0 aliphatic carbocycles. The summed E-state index contributed by atoms with van der Waals surface area (Å²) < 4.78 is 0. The van der Waals surface area contributed by atoms with Crippen LogP contribution >= 0.6 is 11.6 Å². The second-order valence-corrected chi connectivity index (χ2v) is 5.61. The Labute approximate surface area is 109 Å². The first kappa shape index (κ1) is 12.7. The smallest absolute Gasteiger partial charge is 0.0642 e. The molecule has 1 aliphatic rings. The largest absolute Gasteiger partial charge is 0.367 e. The molecule has 0 aromatic heterocycles. The fourth-order valence-electron chi connectivity index (χ4n) is 2.58. The zero-order chi connectivity index (χ0) is 12.6. The van der Waals surface area contributed by atoms with Crippen molar-refractivity contribution in [1.82, 2.24) is 0 Å². The summed E-state index contributed by atoms with van der Waals surface area (Å²) in [5.74, 6) is 0.501. The van der Waals surface area contributed by atoms with E-state index >= 15 is 0 Å². The zero-order valence-corrected chi connectivity index (χ0v) is 11.5. The molecule has 3 atom stereocenters. The number of rotatable bonds is 1. The van der Waals surface area contributed by atoms with Gasteiger partial charge in [-0.2, -0.15) is 0 Å². The summed E-state index contributed by atoms with van der Waals surface area (Å²) in [6.45, 7) is 7.52. The quantitative estimate of drug-likeness (QED) is 0.832. The summed E-state index contributed by atoms with van der Waals surface area (Å²) >= 11 is 6.34. The maximum absolute atomic E-state index is 6.34. The van der Waals surface area contributed by atoms with Crippen molar-refractivity contribution in [3.05, 3.63) is 28.8 Å². The van der Waals surface area contributed by atoms with Crippen LogP contribution in [0.3, 0.4) is 0 Å². The van der Waals surface area contributed by atoms with Crippen LogP contribution in [0.4, 0.5) is 5.69 Å². The molecule has 17 heavy (non-hydrogen) atoms. The van der Waals surface area contributed by atoms with Gasteiger partial charge in [0.2, 0.25) is 0 Å². The predicted octanol–water partition coefficient (Wildman–Crippen LogP) is 3.21. The summed E-state index contributed by atoms with van der Waals surface area (Å²) in [6, 6.07) is 7.03. The second kappa shape index (κ2) is 4.87. The first-order chi connectivity index (χ1) is 8.00. The SMILES string of the molecule is Cc1ccc(N2CCC(N)C(C)C2C)c(Cl)c1. The Bertz CT molecular complexity index is 405. The van der Waals surface area contributed by atoms with Crippen LogP contribution in [-0.2, 0) is 0 Å². The lowest BCUT2D eigenvalue weighted by Crippen LogP contribution is -2.52. The van der Waals surface area contributed by atoms with Gasteiger partial charge in [-0.25, -0.2) is 0 Å². The van der Waals surface area contributed by atoms with E-state index in [-0.39, 0.29) is 0 Å². The molecule has 0 radical (unpaired) electrons. The number of hydrogen-bond acceptors (Lipinski definition) is 2. The third-order valence-corrected chi connectivity index (χ3v) is 4.35. The summed E-state index contributed by atoms with van der Waals surface area (Å²) in [7, 11) is 0. The fraction of sp³-hybridized carbons (Fsp3) is 0.571. The summed E-state index contributed by atoms with van der Waals surface area (Å²) in [5.41, 5.74) is 8.46. The summed E-state index contributed by atoms with van der Waals surface area (Å²) in [4.78, 5) is 2.38. The minimum absolute atomic E-state index is 0.311. The van der Waals surface area contributed by atoms with E-state index in [0.29, 0.717) is 18.0 Å². The standard InChI is InChI=1S/C14H21ClN2/c1-9-4-5-14(12(15)8-9)17-7-6-13(16)10(2)11(17)3/h4-5,8,10-11,13H,6-7,16H2,1-3H3. The Kier molecular flexibility index (Phi) is 3.64. The number of halogens is 1. The summed E-state index contributed by atoms with van der Waals surface area (Å²) in [5, 5.41) is 0.847. The Balaban J connectivity index is 2.28. The van der Waals surface area contributed by atoms with Crippen molar-refractivity contribution in [3.63, 3.8) is 0 Å². The molecule has 1 fully saturated rings. The van der Waals surface area contributed by atoms with Crippen LogP contribution in [0.2, 0.25) is 5.02 Å². The van der Waals surface area contributed by atoms with Gasteiger partial charge in [-0.1, -0.05) is 24.6 Å². The van der Waals surface area contributed by atoms with Gasteiger partial charge >= 0.3 is 0 Å².